The van der Waals surface area contributed by atoms with E-state index in [4.69, 9.17) is 8.85 Å². The number of hydrogen-bond acceptors (Lipinski definition) is 2. The van der Waals surface area contributed by atoms with Gasteiger partial charge in [0, 0.05) is 14.2 Å². The van der Waals surface area contributed by atoms with Gasteiger partial charge in [0.05, 0.1) is 0 Å². The van der Waals surface area contributed by atoms with Crippen LogP contribution in [0, 0.1) is 0 Å². The zero-order valence-corrected chi connectivity index (χ0v) is 17.5. The average molecular weight is 321 g/mol. The predicted molar refractivity (Wildman–Crippen MR) is 97.6 cm³/mol. The standard InChI is InChI=1S/C8H16.2C4H12OSi/c1-2-4-6-8-7-5-3-1;2*1-5-6(2,3)4/h1-8H2;2*1-4H3. The molecule has 1 aliphatic rings. The summed E-state index contributed by atoms with van der Waals surface area (Å²) in [7, 11) is 1.28. The molecule has 0 atom stereocenters. The van der Waals surface area contributed by atoms with E-state index in [1.54, 1.807) is 14.2 Å². The van der Waals surface area contributed by atoms with Crippen LogP contribution in [0.4, 0.5) is 0 Å². The van der Waals surface area contributed by atoms with Crippen LogP contribution in [-0.2, 0) is 8.85 Å². The van der Waals surface area contributed by atoms with Gasteiger partial charge in [-0.2, -0.15) is 0 Å². The minimum absolute atomic E-state index is 1.13. The SMILES string of the molecule is C1CCCCCCC1.CO[Si](C)(C)C.CO[Si](C)(C)C. The van der Waals surface area contributed by atoms with Gasteiger partial charge in [-0.25, -0.2) is 0 Å². The van der Waals surface area contributed by atoms with Gasteiger partial charge in [-0.1, -0.05) is 51.4 Å². The third-order valence-corrected chi connectivity index (χ3v) is 5.67. The van der Waals surface area contributed by atoms with E-state index in [0.29, 0.717) is 0 Å². The fourth-order valence-corrected chi connectivity index (χ4v) is 1.41. The summed E-state index contributed by atoms with van der Waals surface area (Å²) in [6, 6.07) is 0. The first-order valence-corrected chi connectivity index (χ1v) is 15.0. The largest absolute Gasteiger partial charge is 0.421 e. The van der Waals surface area contributed by atoms with Crippen LogP contribution in [0.3, 0.4) is 0 Å². The second-order valence-electron chi connectivity index (χ2n) is 7.46. The first-order valence-electron chi connectivity index (χ1n) is 8.22. The molecule has 0 heterocycles. The second-order valence-corrected chi connectivity index (χ2v) is 16.7. The van der Waals surface area contributed by atoms with E-state index in [0.717, 1.165) is 0 Å². The van der Waals surface area contributed by atoms with E-state index in [2.05, 4.69) is 39.3 Å². The van der Waals surface area contributed by atoms with Crippen LogP contribution in [0.25, 0.3) is 0 Å². The Morgan fingerprint density at radius 1 is 0.450 bits per heavy atom. The Labute approximate surface area is 130 Å². The van der Waals surface area contributed by atoms with Gasteiger partial charge in [0.2, 0.25) is 0 Å². The lowest BCUT2D eigenvalue weighted by molar-refractivity contribution is 0.410. The molecule has 0 aliphatic heterocycles. The Bertz CT molecular complexity index is 158. The van der Waals surface area contributed by atoms with Gasteiger partial charge in [0.1, 0.15) is 0 Å². The Hall–Kier alpha value is 0.354. The maximum atomic E-state index is 5.08. The highest BCUT2D eigenvalue weighted by atomic mass is 28.4. The molecule has 0 unspecified atom stereocenters. The van der Waals surface area contributed by atoms with E-state index in [1.807, 2.05) is 0 Å². The number of rotatable bonds is 2. The molecule has 1 aliphatic carbocycles. The first-order chi connectivity index (χ1) is 9.12. The Balaban J connectivity index is 0. The highest BCUT2D eigenvalue weighted by molar-refractivity contribution is 6.70. The van der Waals surface area contributed by atoms with Crippen LogP contribution >= 0.6 is 0 Å². The van der Waals surface area contributed by atoms with Crippen molar-refractivity contribution >= 4 is 16.6 Å². The third-order valence-electron chi connectivity index (χ3n) is 3.22. The fraction of sp³-hybridized carbons (Fsp3) is 1.00. The molecule has 1 fully saturated rings. The van der Waals surface area contributed by atoms with Gasteiger partial charge < -0.3 is 8.85 Å². The van der Waals surface area contributed by atoms with Crippen LogP contribution in [-0.4, -0.2) is 30.9 Å². The van der Waals surface area contributed by atoms with E-state index >= 15 is 0 Å². The third kappa shape index (κ3) is 26.8. The molecule has 1 rings (SSSR count). The summed E-state index contributed by atoms with van der Waals surface area (Å²) < 4.78 is 10.2. The minimum atomic E-state index is -1.13. The summed E-state index contributed by atoms with van der Waals surface area (Å²) >= 11 is 0. The highest BCUT2D eigenvalue weighted by Gasteiger charge is 2.09. The molecule has 0 aromatic heterocycles. The van der Waals surface area contributed by atoms with Crippen molar-refractivity contribution in [1.29, 1.82) is 0 Å². The molecular weight excluding hydrogens is 280 g/mol. The molecule has 0 amide bonds. The van der Waals surface area contributed by atoms with Gasteiger partial charge in [0.25, 0.3) is 0 Å². The molecule has 0 aromatic rings. The molecule has 1 saturated carbocycles. The molecular formula is C16H40O2Si2. The molecule has 124 valence electrons. The predicted octanol–water partition coefficient (Wildman–Crippen LogP) is 6.06. The molecule has 0 radical (unpaired) electrons. The van der Waals surface area contributed by atoms with Crippen molar-refractivity contribution in [2.24, 2.45) is 0 Å². The van der Waals surface area contributed by atoms with E-state index < -0.39 is 16.6 Å². The fourth-order valence-electron chi connectivity index (χ4n) is 1.41. The Morgan fingerprint density at radius 2 is 0.550 bits per heavy atom. The van der Waals surface area contributed by atoms with Crippen molar-refractivity contribution in [2.45, 2.75) is 90.6 Å². The minimum Gasteiger partial charge on any atom is -0.421 e. The van der Waals surface area contributed by atoms with Crippen molar-refractivity contribution in [3.05, 3.63) is 0 Å². The van der Waals surface area contributed by atoms with Crippen molar-refractivity contribution in [3.63, 3.8) is 0 Å². The monoisotopic (exact) mass is 320 g/mol. The van der Waals surface area contributed by atoms with Crippen LogP contribution in [0.5, 0.6) is 0 Å². The van der Waals surface area contributed by atoms with Crippen molar-refractivity contribution in [3.8, 4) is 0 Å². The summed E-state index contributed by atoms with van der Waals surface area (Å²) in [5.41, 5.74) is 0. The van der Waals surface area contributed by atoms with E-state index in [1.165, 1.54) is 51.4 Å². The smallest absolute Gasteiger partial charge is 0.183 e. The Kier molecular flexibility index (Phi) is 14.8. The van der Waals surface area contributed by atoms with Crippen molar-refractivity contribution in [1.82, 2.24) is 0 Å². The maximum absolute atomic E-state index is 5.08. The summed E-state index contributed by atoms with van der Waals surface area (Å²) in [5.74, 6) is 0. The topological polar surface area (TPSA) is 18.5 Å². The maximum Gasteiger partial charge on any atom is 0.183 e. The second kappa shape index (κ2) is 13.0. The molecule has 0 N–H and O–H groups in total. The van der Waals surface area contributed by atoms with Crippen LogP contribution < -0.4 is 0 Å². The van der Waals surface area contributed by atoms with E-state index in [9.17, 15) is 0 Å². The first kappa shape index (κ1) is 22.6. The molecule has 0 bridgehead atoms. The van der Waals surface area contributed by atoms with Crippen molar-refractivity contribution in [2.75, 3.05) is 14.2 Å². The average Bonchev–Trinajstić information content (AvgIpc) is 2.28. The molecule has 20 heavy (non-hydrogen) atoms. The molecule has 0 saturated heterocycles. The highest BCUT2D eigenvalue weighted by Crippen LogP contribution is 2.15. The van der Waals surface area contributed by atoms with Gasteiger partial charge in [-0.15, -0.1) is 0 Å². The molecule has 0 spiro atoms. The van der Waals surface area contributed by atoms with Gasteiger partial charge in [-0.05, 0) is 39.3 Å². The summed E-state index contributed by atoms with van der Waals surface area (Å²) in [6.45, 7) is 13.0. The zero-order chi connectivity index (χ0) is 16.1. The van der Waals surface area contributed by atoms with Crippen LogP contribution in [0.1, 0.15) is 51.4 Å². The quantitative estimate of drug-likeness (QED) is 0.576. The normalized spacial score (nSPS) is 16.8. The summed E-state index contributed by atoms with van der Waals surface area (Å²) in [6.07, 6.45) is 12.0. The lowest BCUT2D eigenvalue weighted by atomic mass is 10.0. The van der Waals surface area contributed by atoms with Gasteiger partial charge >= 0.3 is 0 Å². The summed E-state index contributed by atoms with van der Waals surface area (Å²) in [4.78, 5) is 0. The molecule has 0 aromatic carbocycles. The van der Waals surface area contributed by atoms with Crippen LogP contribution in [0.15, 0.2) is 0 Å². The molecule has 2 nitrogen and oxygen atoms in total. The number of hydrogen-bond donors (Lipinski definition) is 0. The lowest BCUT2D eigenvalue weighted by Crippen LogP contribution is -2.22. The van der Waals surface area contributed by atoms with Gasteiger partial charge in [0.15, 0.2) is 16.6 Å². The lowest BCUT2D eigenvalue weighted by Gasteiger charge is -2.10. The Morgan fingerprint density at radius 3 is 0.600 bits per heavy atom. The molecule has 4 heteroatoms. The van der Waals surface area contributed by atoms with Crippen molar-refractivity contribution < 1.29 is 8.85 Å². The van der Waals surface area contributed by atoms with E-state index in [-0.39, 0.29) is 0 Å². The zero-order valence-electron chi connectivity index (χ0n) is 15.5. The van der Waals surface area contributed by atoms with Gasteiger partial charge in [-0.3, -0.25) is 0 Å². The van der Waals surface area contributed by atoms with Crippen LogP contribution in [0.2, 0.25) is 39.3 Å². The summed E-state index contributed by atoms with van der Waals surface area (Å²) in [5, 5.41) is 0.